The Bertz CT molecular complexity index is 761. The largest absolute Gasteiger partial charge is 0.278 e. The quantitative estimate of drug-likeness (QED) is 0.934. The van der Waals surface area contributed by atoms with Crippen LogP contribution in [0.5, 0.6) is 0 Å². The SMILES string of the molecule is Cn1cc(S(=O)(=O)Nc2cc(Cl)ccc2C#N)cn1. The molecule has 0 fully saturated rings. The maximum absolute atomic E-state index is 12.1. The van der Waals surface area contributed by atoms with E-state index in [9.17, 15) is 8.42 Å². The van der Waals surface area contributed by atoms with Gasteiger partial charge < -0.3 is 0 Å². The van der Waals surface area contributed by atoms with Gasteiger partial charge in [0.2, 0.25) is 0 Å². The second-order valence-electron chi connectivity index (χ2n) is 3.76. The molecular weight excluding hydrogens is 288 g/mol. The number of aromatic nitrogens is 2. The van der Waals surface area contributed by atoms with E-state index < -0.39 is 10.0 Å². The Morgan fingerprint density at radius 1 is 1.47 bits per heavy atom. The second kappa shape index (κ2) is 4.91. The number of hydrogen-bond donors (Lipinski definition) is 1. The predicted molar refractivity (Wildman–Crippen MR) is 70.2 cm³/mol. The highest BCUT2D eigenvalue weighted by Gasteiger charge is 2.18. The summed E-state index contributed by atoms with van der Waals surface area (Å²) in [4.78, 5) is 0.0128. The summed E-state index contributed by atoms with van der Waals surface area (Å²) >= 11 is 5.79. The fourth-order valence-corrected chi connectivity index (χ4v) is 2.67. The van der Waals surface area contributed by atoms with E-state index in [1.807, 2.05) is 6.07 Å². The van der Waals surface area contributed by atoms with Gasteiger partial charge in [0.25, 0.3) is 10.0 Å². The summed E-state index contributed by atoms with van der Waals surface area (Å²) in [7, 11) is -2.17. The van der Waals surface area contributed by atoms with Gasteiger partial charge in [0.1, 0.15) is 11.0 Å². The van der Waals surface area contributed by atoms with Crippen LogP contribution in [0.3, 0.4) is 0 Å². The molecule has 0 saturated carbocycles. The molecule has 19 heavy (non-hydrogen) atoms. The van der Waals surface area contributed by atoms with E-state index in [1.54, 1.807) is 7.05 Å². The first-order valence-corrected chi connectivity index (χ1v) is 6.99. The number of sulfonamides is 1. The molecule has 0 saturated heterocycles. The van der Waals surface area contributed by atoms with Crippen molar-refractivity contribution in [3.05, 3.63) is 41.2 Å². The molecule has 0 spiro atoms. The van der Waals surface area contributed by atoms with E-state index in [0.29, 0.717) is 5.02 Å². The van der Waals surface area contributed by atoms with Gasteiger partial charge in [0.05, 0.1) is 17.4 Å². The Hall–Kier alpha value is -2.04. The maximum Gasteiger partial charge on any atom is 0.265 e. The molecule has 1 N–H and O–H groups in total. The van der Waals surface area contributed by atoms with Crippen molar-refractivity contribution in [2.75, 3.05) is 4.72 Å². The van der Waals surface area contributed by atoms with E-state index in [2.05, 4.69) is 9.82 Å². The topological polar surface area (TPSA) is 87.8 Å². The van der Waals surface area contributed by atoms with Gasteiger partial charge in [-0.1, -0.05) is 11.6 Å². The summed E-state index contributed by atoms with van der Waals surface area (Å²) in [6, 6.07) is 6.24. The Labute approximate surface area is 115 Å². The third kappa shape index (κ3) is 2.86. The number of nitrogens with one attached hydrogen (secondary N) is 1. The summed E-state index contributed by atoms with van der Waals surface area (Å²) in [5.41, 5.74) is 0.329. The number of aryl methyl sites for hydroxylation is 1. The van der Waals surface area contributed by atoms with Crippen LogP contribution >= 0.6 is 11.6 Å². The maximum atomic E-state index is 12.1. The highest BCUT2D eigenvalue weighted by Crippen LogP contribution is 2.23. The van der Waals surface area contributed by atoms with E-state index in [4.69, 9.17) is 16.9 Å². The molecule has 1 heterocycles. The minimum Gasteiger partial charge on any atom is -0.278 e. The summed E-state index contributed by atoms with van der Waals surface area (Å²) in [5, 5.41) is 13.1. The van der Waals surface area contributed by atoms with Crippen molar-refractivity contribution >= 4 is 27.3 Å². The van der Waals surface area contributed by atoms with Crippen LogP contribution in [0.25, 0.3) is 0 Å². The van der Waals surface area contributed by atoms with E-state index in [1.165, 1.54) is 35.3 Å². The van der Waals surface area contributed by atoms with Gasteiger partial charge in [0.15, 0.2) is 0 Å². The highest BCUT2D eigenvalue weighted by molar-refractivity contribution is 7.92. The summed E-state index contributed by atoms with van der Waals surface area (Å²) in [6.07, 6.45) is 2.58. The van der Waals surface area contributed by atoms with Crippen LogP contribution in [-0.2, 0) is 17.1 Å². The van der Waals surface area contributed by atoms with E-state index in [-0.39, 0.29) is 16.1 Å². The lowest BCUT2D eigenvalue weighted by atomic mass is 10.2. The Morgan fingerprint density at radius 3 is 2.79 bits per heavy atom. The Kier molecular flexibility index (Phi) is 3.46. The molecule has 0 unspecified atom stereocenters. The predicted octanol–water partition coefficient (Wildman–Crippen LogP) is 1.75. The van der Waals surface area contributed by atoms with Gasteiger partial charge in [-0.2, -0.15) is 10.4 Å². The molecule has 0 radical (unpaired) electrons. The number of rotatable bonds is 3. The monoisotopic (exact) mass is 296 g/mol. The lowest BCUT2D eigenvalue weighted by molar-refractivity contribution is 0.601. The first-order valence-electron chi connectivity index (χ1n) is 5.13. The lowest BCUT2D eigenvalue weighted by Gasteiger charge is -2.08. The van der Waals surface area contributed by atoms with Crippen LogP contribution in [0, 0.1) is 11.3 Å². The van der Waals surface area contributed by atoms with Crippen molar-refractivity contribution in [1.82, 2.24) is 9.78 Å². The standard InChI is InChI=1S/C11H9ClN4O2S/c1-16-7-10(6-14-16)19(17,18)15-11-4-9(12)3-2-8(11)5-13/h2-4,6-7,15H,1H3. The first-order chi connectivity index (χ1) is 8.92. The zero-order chi connectivity index (χ0) is 14.0. The zero-order valence-corrected chi connectivity index (χ0v) is 11.4. The van der Waals surface area contributed by atoms with Gasteiger partial charge in [0, 0.05) is 18.3 Å². The van der Waals surface area contributed by atoms with Crippen LogP contribution in [0.2, 0.25) is 5.02 Å². The van der Waals surface area contributed by atoms with Gasteiger partial charge in [-0.15, -0.1) is 0 Å². The average molecular weight is 297 g/mol. The highest BCUT2D eigenvalue weighted by atomic mass is 35.5. The summed E-state index contributed by atoms with van der Waals surface area (Å²) in [6.45, 7) is 0. The van der Waals surface area contributed by atoms with Crippen molar-refractivity contribution in [3.8, 4) is 6.07 Å². The molecule has 0 aliphatic heterocycles. The van der Waals surface area contributed by atoms with Crippen molar-refractivity contribution in [1.29, 1.82) is 5.26 Å². The lowest BCUT2D eigenvalue weighted by Crippen LogP contribution is -2.13. The van der Waals surface area contributed by atoms with Gasteiger partial charge in [-0.3, -0.25) is 9.40 Å². The van der Waals surface area contributed by atoms with E-state index >= 15 is 0 Å². The minimum atomic E-state index is -3.78. The molecule has 1 aromatic heterocycles. The Morgan fingerprint density at radius 2 is 2.21 bits per heavy atom. The van der Waals surface area contributed by atoms with Gasteiger partial charge in [-0.05, 0) is 18.2 Å². The molecule has 8 heteroatoms. The molecule has 98 valence electrons. The van der Waals surface area contributed by atoms with Gasteiger partial charge in [-0.25, -0.2) is 8.42 Å². The fourth-order valence-electron chi connectivity index (χ4n) is 1.44. The number of anilines is 1. The molecule has 0 bridgehead atoms. The van der Waals surface area contributed by atoms with Crippen LogP contribution < -0.4 is 4.72 Å². The third-order valence-electron chi connectivity index (χ3n) is 2.34. The molecule has 1 aromatic carbocycles. The van der Waals surface area contributed by atoms with E-state index in [0.717, 1.165) is 0 Å². The third-order valence-corrected chi connectivity index (χ3v) is 3.89. The van der Waals surface area contributed by atoms with Crippen LogP contribution in [0.4, 0.5) is 5.69 Å². The zero-order valence-electron chi connectivity index (χ0n) is 9.83. The van der Waals surface area contributed by atoms with Crippen molar-refractivity contribution in [2.45, 2.75) is 4.90 Å². The molecule has 0 amide bonds. The van der Waals surface area contributed by atoms with Crippen molar-refractivity contribution in [2.24, 2.45) is 7.05 Å². The number of nitrogens with zero attached hydrogens (tertiary/aromatic N) is 3. The molecule has 2 rings (SSSR count). The second-order valence-corrected chi connectivity index (χ2v) is 5.88. The smallest absolute Gasteiger partial charge is 0.265 e. The molecule has 0 aliphatic carbocycles. The molecule has 0 aliphatic rings. The average Bonchev–Trinajstić information content (AvgIpc) is 2.76. The number of halogens is 1. The van der Waals surface area contributed by atoms with Crippen molar-refractivity contribution in [3.63, 3.8) is 0 Å². The number of nitriles is 1. The molecule has 6 nitrogen and oxygen atoms in total. The van der Waals surface area contributed by atoms with Crippen LogP contribution in [0.1, 0.15) is 5.56 Å². The first kappa shape index (κ1) is 13.4. The molecule has 2 aromatic rings. The number of hydrogen-bond acceptors (Lipinski definition) is 4. The Balaban J connectivity index is 2.41. The van der Waals surface area contributed by atoms with Crippen LogP contribution in [0.15, 0.2) is 35.5 Å². The molecule has 0 atom stereocenters. The minimum absolute atomic E-state index is 0.0128. The van der Waals surface area contributed by atoms with Gasteiger partial charge >= 0.3 is 0 Å². The number of benzene rings is 1. The van der Waals surface area contributed by atoms with Crippen LogP contribution in [-0.4, -0.2) is 18.2 Å². The van der Waals surface area contributed by atoms with Crippen molar-refractivity contribution < 1.29 is 8.42 Å². The summed E-state index contributed by atoms with van der Waals surface area (Å²) < 4.78 is 27.8. The fraction of sp³-hybridized carbons (Fsp3) is 0.0909. The normalized spacial score (nSPS) is 11.0. The molecular formula is C11H9ClN4O2S. The summed E-state index contributed by atoms with van der Waals surface area (Å²) in [5.74, 6) is 0.